The fourth-order valence-electron chi connectivity index (χ4n) is 2.88. The summed E-state index contributed by atoms with van der Waals surface area (Å²) in [6.45, 7) is 9.48. The van der Waals surface area contributed by atoms with Crippen LogP contribution in [0.1, 0.15) is 54.1 Å². The van der Waals surface area contributed by atoms with Crippen molar-refractivity contribution in [1.29, 1.82) is 0 Å². The zero-order valence-electron chi connectivity index (χ0n) is 16.6. The SMILES string of the molecule is Cc1nc(Oc2ccc(B3OC(C)(C)C(C)(C)O3)c(C=O)c2)ccc1C(N)=O. The van der Waals surface area contributed by atoms with E-state index in [9.17, 15) is 9.59 Å². The Labute approximate surface area is 164 Å². The number of nitrogens with zero attached hydrogens (tertiary/aromatic N) is 1. The van der Waals surface area contributed by atoms with Gasteiger partial charge in [-0.05, 0) is 58.3 Å². The lowest BCUT2D eigenvalue weighted by Crippen LogP contribution is -2.41. The summed E-state index contributed by atoms with van der Waals surface area (Å²) >= 11 is 0. The molecule has 0 radical (unpaired) electrons. The first-order valence-electron chi connectivity index (χ1n) is 8.94. The van der Waals surface area contributed by atoms with Crippen molar-refractivity contribution in [3.63, 3.8) is 0 Å². The molecule has 7 nitrogen and oxygen atoms in total. The monoisotopic (exact) mass is 382 g/mol. The van der Waals surface area contributed by atoms with E-state index >= 15 is 0 Å². The summed E-state index contributed by atoms with van der Waals surface area (Å²) < 4.78 is 17.8. The molecule has 1 saturated heterocycles. The summed E-state index contributed by atoms with van der Waals surface area (Å²) in [5.41, 5.74) is 6.12. The predicted molar refractivity (Wildman–Crippen MR) is 105 cm³/mol. The molecule has 0 bridgehead atoms. The van der Waals surface area contributed by atoms with Crippen molar-refractivity contribution in [2.24, 2.45) is 5.73 Å². The highest BCUT2D eigenvalue weighted by atomic mass is 16.7. The van der Waals surface area contributed by atoms with Crippen molar-refractivity contribution in [3.8, 4) is 11.6 Å². The Morgan fingerprint density at radius 2 is 1.79 bits per heavy atom. The summed E-state index contributed by atoms with van der Waals surface area (Å²) in [7, 11) is -0.644. The van der Waals surface area contributed by atoms with Gasteiger partial charge in [0, 0.05) is 11.6 Å². The molecule has 0 saturated carbocycles. The molecular formula is C20H23BN2O5. The second kappa shape index (κ2) is 7.03. The van der Waals surface area contributed by atoms with Crippen molar-refractivity contribution in [3.05, 3.63) is 47.2 Å². The lowest BCUT2D eigenvalue weighted by atomic mass is 9.76. The molecule has 1 aliphatic rings. The maximum absolute atomic E-state index is 11.7. The molecule has 8 heteroatoms. The van der Waals surface area contributed by atoms with Gasteiger partial charge in [-0.1, -0.05) is 6.07 Å². The van der Waals surface area contributed by atoms with Gasteiger partial charge < -0.3 is 19.8 Å². The molecule has 3 rings (SSSR count). The summed E-state index contributed by atoms with van der Waals surface area (Å²) in [5, 5.41) is 0. The van der Waals surface area contributed by atoms with Gasteiger partial charge in [0.2, 0.25) is 5.88 Å². The molecule has 0 aliphatic carbocycles. The summed E-state index contributed by atoms with van der Waals surface area (Å²) in [6, 6.07) is 8.17. The van der Waals surface area contributed by atoms with Gasteiger partial charge in [0.05, 0.1) is 22.5 Å². The molecule has 1 aromatic heterocycles. The van der Waals surface area contributed by atoms with Crippen molar-refractivity contribution < 1.29 is 23.6 Å². The van der Waals surface area contributed by atoms with Crippen LogP contribution in [0, 0.1) is 6.92 Å². The molecule has 0 atom stereocenters. The third-order valence-electron chi connectivity index (χ3n) is 5.24. The molecule has 0 unspecified atom stereocenters. The molecule has 2 heterocycles. The first-order chi connectivity index (χ1) is 13.0. The number of amides is 1. The highest BCUT2D eigenvalue weighted by molar-refractivity contribution is 6.63. The minimum atomic E-state index is -0.644. The van der Waals surface area contributed by atoms with E-state index in [1.807, 2.05) is 27.7 Å². The largest absolute Gasteiger partial charge is 0.495 e. The van der Waals surface area contributed by atoms with Crippen LogP contribution in [0.3, 0.4) is 0 Å². The molecular weight excluding hydrogens is 359 g/mol. The van der Waals surface area contributed by atoms with Crippen LogP contribution in [-0.2, 0) is 9.31 Å². The quantitative estimate of drug-likeness (QED) is 0.630. The molecule has 28 heavy (non-hydrogen) atoms. The number of ether oxygens (including phenoxy) is 1. The Hall–Kier alpha value is -2.71. The van der Waals surface area contributed by atoms with E-state index in [-0.39, 0.29) is 0 Å². The smallest absolute Gasteiger partial charge is 0.439 e. The van der Waals surface area contributed by atoms with Gasteiger partial charge >= 0.3 is 7.12 Å². The van der Waals surface area contributed by atoms with Crippen LogP contribution in [0.5, 0.6) is 11.6 Å². The summed E-state index contributed by atoms with van der Waals surface area (Å²) in [6.07, 6.45) is 0.738. The van der Waals surface area contributed by atoms with E-state index in [1.54, 1.807) is 37.3 Å². The first-order valence-corrected chi connectivity index (χ1v) is 8.94. The fraction of sp³-hybridized carbons (Fsp3) is 0.350. The number of benzene rings is 1. The van der Waals surface area contributed by atoms with Crippen LogP contribution in [0.25, 0.3) is 0 Å². The first kappa shape index (κ1) is 20.0. The second-order valence-electron chi connectivity index (χ2n) is 7.75. The molecule has 1 aliphatic heterocycles. The fourth-order valence-corrected chi connectivity index (χ4v) is 2.88. The second-order valence-corrected chi connectivity index (χ2v) is 7.75. The molecule has 1 aromatic carbocycles. The van der Waals surface area contributed by atoms with Crippen molar-refractivity contribution >= 4 is 24.8 Å². The highest BCUT2D eigenvalue weighted by Gasteiger charge is 2.52. The molecule has 2 aromatic rings. The molecule has 1 fully saturated rings. The predicted octanol–water partition coefficient (Wildman–Crippen LogP) is 2.39. The number of aryl methyl sites for hydroxylation is 1. The summed E-state index contributed by atoms with van der Waals surface area (Å²) in [4.78, 5) is 27.2. The Balaban J connectivity index is 1.85. The Bertz CT molecular complexity index is 926. The van der Waals surface area contributed by atoms with E-state index in [0.717, 1.165) is 6.29 Å². The van der Waals surface area contributed by atoms with Crippen molar-refractivity contribution in [1.82, 2.24) is 4.98 Å². The lowest BCUT2D eigenvalue weighted by Gasteiger charge is -2.32. The Morgan fingerprint density at radius 3 is 2.32 bits per heavy atom. The van der Waals surface area contributed by atoms with Crippen LogP contribution in [-0.4, -0.2) is 35.5 Å². The van der Waals surface area contributed by atoms with Gasteiger partial charge in [-0.15, -0.1) is 0 Å². The third kappa shape index (κ3) is 3.65. The van der Waals surface area contributed by atoms with E-state index in [2.05, 4.69) is 4.98 Å². The van der Waals surface area contributed by atoms with Gasteiger partial charge in [-0.3, -0.25) is 9.59 Å². The van der Waals surface area contributed by atoms with Crippen LogP contribution < -0.4 is 15.9 Å². The standard InChI is InChI=1S/C20H23BN2O5/c1-12-15(18(22)25)7-9-17(23-12)26-14-6-8-16(13(10-14)11-24)21-27-19(2,3)20(4,5)28-21/h6-11H,1-5H3,(H2,22,25). The van der Waals surface area contributed by atoms with Gasteiger partial charge in [0.15, 0.2) is 0 Å². The van der Waals surface area contributed by atoms with E-state index in [1.165, 1.54) is 0 Å². The van der Waals surface area contributed by atoms with E-state index in [4.69, 9.17) is 19.8 Å². The van der Waals surface area contributed by atoms with Crippen molar-refractivity contribution in [2.45, 2.75) is 45.8 Å². The number of aldehydes is 1. The third-order valence-corrected chi connectivity index (χ3v) is 5.24. The molecule has 1 amide bonds. The number of rotatable bonds is 5. The van der Waals surface area contributed by atoms with Crippen LogP contribution >= 0.6 is 0 Å². The van der Waals surface area contributed by atoms with Gasteiger partial charge in [0.25, 0.3) is 5.91 Å². The molecule has 146 valence electrons. The van der Waals surface area contributed by atoms with Gasteiger partial charge in [-0.25, -0.2) is 4.98 Å². The van der Waals surface area contributed by atoms with Crippen LogP contribution in [0.2, 0.25) is 0 Å². The van der Waals surface area contributed by atoms with Crippen LogP contribution in [0.4, 0.5) is 0 Å². The van der Waals surface area contributed by atoms with Crippen LogP contribution in [0.15, 0.2) is 30.3 Å². The van der Waals surface area contributed by atoms with Gasteiger partial charge in [0.1, 0.15) is 12.0 Å². The van der Waals surface area contributed by atoms with Crippen molar-refractivity contribution in [2.75, 3.05) is 0 Å². The zero-order chi connectivity index (χ0) is 20.7. The average molecular weight is 382 g/mol. The minimum Gasteiger partial charge on any atom is -0.439 e. The number of carbonyl (C=O) groups is 2. The average Bonchev–Trinajstić information content (AvgIpc) is 2.82. The van der Waals surface area contributed by atoms with E-state index in [0.29, 0.717) is 33.9 Å². The number of nitrogens with two attached hydrogens (primary N) is 1. The number of hydrogen-bond acceptors (Lipinski definition) is 6. The molecule has 2 N–H and O–H groups in total. The Morgan fingerprint density at radius 1 is 1.14 bits per heavy atom. The number of hydrogen-bond donors (Lipinski definition) is 1. The maximum Gasteiger partial charge on any atom is 0.495 e. The summed E-state index contributed by atoms with van der Waals surface area (Å²) in [5.74, 6) is 0.176. The van der Waals surface area contributed by atoms with Gasteiger partial charge in [-0.2, -0.15) is 0 Å². The minimum absolute atomic E-state index is 0.294. The Kier molecular flexibility index (Phi) is 5.03. The number of pyridine rings is 1. The lowest BCUT2D eigenvalue weighted by molar-refractivity contribution is 0.00578. The number of primary amides is 1. The highest BCUT2D eigenvalue weighted by Crippen LogP contribution is 2.36. The normalized spacial score (nSPS) is 17.4. The zero-order valence-corrected chi connectivity index (χ0v) is 16.6. The number of carbonyl (C=O) groups excluding carboxylic acids is 2. The molecule has 0 spiro atoms. The topological polar surface area (TPSA) is 101 Å². The number of aromatic nitrogens is 1. The maximum atomic E-state index is 11.7. The van der Waals surface area contributed by atoms with E-state index < -0.39 is 24.2 Å².